The number of hydrogen-bond donors (Lipinski definition) is 2. The number of rotatable bonds is 2. The minimum atomic E-state index is -4.70. The molecule has 1 amide bonds. The molecular formula is C13H12F3NO4. The van der Waals surface area contributed by atoms with Crippen molar-refractivity contribution in [3.63, 3.8) is 0 Å². The van der Waals surface area contributed by atoms with Crippen molar-refractivity contribution in [2.45, 2.75) is 6.18 Å². The van der Waals surface area contributed by atoms with Gasteiger partial charge in [-0.15, -0.1) is 0 Å². The van der Waals surface area contributed by atoms with Crippen molar-refractivity contribution in [3.8, 4) is 5.75 Å². The Labute approximate surface area is 117 Å². The van der Waals surface area contributed by atoms with Gasteiger partial charge in [-0.25, -0.2) is 0 Å². The predicted molar refractivity (Wildman–Crippen MR) is 64.7 cm³/mol. The zero-order chi connectivity index (χ0) is 15.8. The van der Waals surface area contributed by atoms with Crippen molar-refractivity contribution in [1.82, 2.24) is 4.90 Å². The molecule has 1 aromatic carbocycles. The Hall–Kier alpha value is -2.25. The lowest BCUT2D eigenvalue weighted by Gasteiger charge is -2.18. The SMILES string of the molecule is O=C(O)[C@@H]1CN(C(=O)c2ccccc2O)C[C@H]1C(F)(F)F. The van der Waals surface area contributed by atoms with Crippen molar-refractivity contribution in [2.75, 3.05) is 13.1 Å². The lowest BCUT2D eigenvalue weighted by Crippen LogP contribution is -2.34. The Morgan fingerprint density at radius 3 is 2.29 bits per heavy atom. The van der Waals surface area contributed by atoms with Crippen LogP contribution < -0.4 is 0 Å². The summed E-state index contributed by atoms with van der Waals surface area (Å²) in [5.74, 6) is -6.56. The summed E-state index contributed by atoms with van der Waals surface area (Å²) < 4.78 is 38.5. The van der Waals surface area contributed by atoms with Gasteiger partial charge >= 0.3 is 12.1 Å². The summed E-state index contributed by atoms with van der Waals surface area (Å²) >= 11 is 0. The number of halogens is 3. The van der Waals surface area contributed by atoms with E-state index in [2.05, 4.69) is 0 Å². The number of phenolic OH excluding ortho intramolecular Hbond substituents is 1. The fraction of sp³-hybridized carbons (Fsp3) is 0.385. The Bertz CT molecular complexity index is 573. The summed E-state index contributed by atoms with van der Waals surface area (Å²) in [4.78, 5) is 23.9. The van der Waals surface area contributed by atoms with Crippen LogP contribution in [0.5, 0.6) is 5.75 Å². The number of amides is 1. The van der Waals surface area contributed by atoms with E-state index in [9.17, 15) is 27.9 Å². The van der Waals surface area contributed by atoms with Gasteiger partial charge in [0.05, 0.1) is 17.4 Å². The molecule has 1 aliphatic rings. The molecule has 1 aromatic rings. The maximum atomic E-state index is 12.8. The van der Waals surface area contributed by atoms with Crippen LogP contribution in [0, 0.1) is 11.8 Å². The second kappa shape index (κ2) is 5.27. The molecule has 1 fully saturated rings. The first-order chi connectivity index (χ1) is 9.71. The van der Waals surface area contributed by atoms with E-state index < -0.39 is 43.0 Å². The van der Waals surface area contributed by atoms with Gasteiger partial charge in [0.15, 0.2) is 0 Å². The number of nitrogens with zero attached hydrogens (tertiary/aromatic N) is 1. The molecule has 0 spiro atoms. The molecule has 0 unspecified atom stereocenters. The van der Waals surface area contributed by atoms with Crippen molar-refractivity contribution < 1.29 is 33.0 Å². The number of benzene rings is 1. The third kappa shape index (κ3) is 2.93. The standard InChI is InChI=1S/C13H12F3NO4/c14-13(15,16)9-6-17(5-8(9)12(20)21)11(19)7-3-1-2-4-10(7)18/h1-4,8-9,18H,5-6H2,(H,20,21)/t8-,9-/m1/s1. The van der Waals surface area contributed by atoms with Gasteiger partial charge in [0.25, 0.3) is 5.91 Å². The summed E-state index contributed by atoms with van der Waals surface area (Å²) in [6.07, 6.45) is -4.70. The summed E-state index contributed by atoms with van der Waals surface area (Å²) in [5, 5.41) is 18.4. The summed E-state index contributed by atoms with van der Waals surface area (Å²) in [5.41, 5.74) is -0.149. The van der Waals surface area contributed by atoms with Crippen LogP contribution in [0.1, 0.15) is 10.4 Å². The van der Waals surface area contributed by atoms with Crippen molar-refractivity contribution in [2.24, 2.45) is 11.8 Å². The average Bonchev–Trinajstić information content (AvgIpc) is 2.83. The van der Waals surface area contributed by atoms with Crippen LogP contribution >= 0.6 is 0 Å². The Balaban J connectivity index is 2.25. The smallest absolute Gasteiger partial charge is 0.394 e. The van der Waals surface area contributed by atoms with E-state index in [0.29, 0.717) is 0 Å². The molecule has 0 aliphatic carbocycles. The Morgan fingerprint density at radius 1 is 1.19 bits per heavy atom. The molecule has 2 N–H and O–H groups in total. The molecule has 0 saturated carbocycles. The monoisotopic (exact) mass is 303 g/mol. The van der Waals surface area contributed by atoms with Crippen LogP contribution in [-0.2, 0) is 4.79 Å². The van der Waals surface area contributed by atoms with E-state index in [1.165, 1.54) is 24.3 Å². The highest BCUT2D eigenvalue weighted by Crippen LogP contribution is 2.38. The summed E-state index contributed by atoms with van der Waals surface area (Å²) in [6.45, 7) is -1.26. The first-order valence-corrected chi connectivity index (χ1v) is 6.08. The van der Waals surface area contributed by atoms with Gasteiger partial charge in [0.2, 0.25) is 0 Å². The van der Waals surface area contributed by atoms with Crippen LogP contribution in [0.3, 0.4) is 0 Å². The predicted octanol–water partition coefficient (Wildman–Crippen LogP) is 1.73. The third-order valence-corrected chi connectivity index (χ3v) is 3.48. The number of aromatic hydroxyl groups is 1. The maximum Gasteiger partial charge on any atom is 0.394 e. The fourth-order valence-electron chi connectivity index (χ4n) is 2.38. The molecule has 2 atom stereocenters. The van der Waals surface area contributed by atoms with Crippen molar-refractivity contribution in [1.29, 1.82) is 0 Å². The second-order valence-electron chi connectivity index (χ2n) is 4.82. The number of phenols is 1. The molecular weight excluding hydrogens is 291 g/mol. The third-order valence-electron chi connectivity index (χ3n) is 3.48. The first-order valence-electron chi connectivity index (χ1n) is 6.08. The van der Waals surface area contributed by atoms with E-state index in [-0.39, 0.29) is 11.3 Å². The van der Waals surface area contributed by atoms with E-state index in [0.717, 1.165) is 4.90 Å². The number of likely N-dealkylation sites (tertiary alicyclic amines) is 1. The molecule has 1 aliphatic heterocycles. The van der Waals surface area contributed by atoms with Gasteiger partial charge < -0.3 is 15.1 Å². The number of carbonyl (C=O) groups excluding carboxylic acids is 1. The quantitative estimate of drug-likeness (QED) is 0.872. The van der Waals surface area contributed by atoms with E-state index in [1.54, 1.807) is 0 Å². The largest absolute Gasteiger partial charge is 0.507 e. The number of aliphatic carboxylic acids is 1. The average molecular weight is 303 g/mol. The van der Waals surface area contributed by atoms with E-state index in [4.69, 9.17) is 5.11 Å². The van der Waals surface area contributed by atoms with Gasteiger partial charge in [-0.1, -0.05) is 12.1 Å². The summed E-state index contributed by atoms with van der Waals surface area (Å²) in [6, 6.07) is 5.43. The highest BCUT2D eigenvalue weighted by molar-refractivity contribution is 5.97. The van der Waals surface area contributed by atoms with Crippen LogP contribution in [0.4, 0.5) is 13.2 Å². The van der Waals surface area contributed by atoms with E-state index in [1.807, 2.05) is 0 Å². The van der Waals surface area contributed by atoms with Gasteiger partial charge in [0.1, 0.15) is 5.75 Å². The molecule has 0 bridgehead atoms. The molecule has 0 aromatic heterocycles. The summed E-state index contributed by atoms with van der Waals surface area (Å²) in [7, 11) is 0. The zero-order valence-electron chi connectivity index (χ0n) is 10.7. The van der Waals surface area contributed by atoms with Crippen molar-refractivity contribution >= 4 is 11.9 Å². The second-order valence-corrected chi connectivity index (χ2v) is 4.82. The van der Waals surface area contributed by atoms with Crippen LogP contribution in [-0.4, -0.2) is 46.3 Å². The van der Waals surface area contributed by atoms with Crippen LogP contribution in [0.25, 0.3) is 0 Å². The van der Waals surface area contributed by atoms with Crippen LogP contribution in [0.15, 0.2) is 24.3 Å². The lowest BCUT2D eigenvalue weighted by molar-refractivity contribution is -0.187. The van der Waals surface area contributed by atoms with Gasteiger partial charge in [0, 0.05) is 13.1 Å². The fourth-order valence-corrected chi connectivity index (χ4v) is 2.38. The van der Waals surface area contributed by atoms with Crippen molar-refractivity contribution in [3.05, 3.63) is 29.8 Å². The molecule has 1 heterocycles. The normalized spacial score (nSPS) is 22.3. The number of alkyl halides is 3. The van der Waals surface area contributed by atoms with Gasteiger partial charge in [-0.05, 0) is 12.1 Å². The number of carboxylic acid groups (broad SMARTS) is 1. The number of carboxylic acids is 1. The van der Waals surface area contributed by atoms with Gasteiger partial charge in [-0.3, -0.25) is 9.59 Å². The number of para-hydroxylation sites is 1. The lowest BCUT2D eigenvalue weighted by atomic mass is 9.96. The first kappa shape index (κ1) is 15.1. The minimum Gasteiger partial charge on any atom is -0.507 e. The Morgan fingerprint density at radius 2 is 1.81 bits per heavy atom. The number of carbonyl (C=O) groups is 2. The topological polar surface area (TPSA) is 77.8 Å². The highest BCUT2D eigenvalue weighted by atomic mass is 19.4. The highest BCUT2D eigenvalue weighted by Gasteiger charge is 2.53. The molecule has 8 heteroatoms. The molecule has 0 radical (unpaired) electrons. The van der Waals surface area contributed by atoms with Crippen LogP contribution in [0.2, 0.25) is 0 Å². The van der Waals surface area contributed by atoms with E-state index >= 15 is 0 Å². The molecule has 2 rings (SSSR count). The number of hydrogen-bond acceptors (Lipinski definition) is 3. The van der Waals surface area contributed by atoms with Gasteiger partial charge in [-0.2, -0.15) is 13.2 Å². The molecule has 21 heavy (non-hydrogen) atoms. The molecule has 1 saturated heterocycles. The molecule has 5 nitrogen and oxygen atoms in total. The Kier molecular flexibility index (Phi) is 3.80. The minimum absolute atomic E-state index is 0.149. The maximum absolute atomic E-state index is 12.8. The molecule has 114 valence electrons. The zero-order valence-corrected chi connectivity index (χ0v) is 10.7.